The Balaban J connectivity index is 2.43. The number of rotatable bonds is 6. The topological polar surface area (TPSA) is 78.1 Å². The van der Waals surface area contributed by atoms with Gasteiger partial charge in [-0.1, -0.05) is 22.6 Å². The first-order valence-electron chi connectivity index (χ1n) is 6.46. The molecule has 1 rings (SSSR count). The van der Waals surface area contributed by atoms with Gasteiger partial charge < -0.3 is 17.2 Å². The molecule has 4 heteroatoms. The number of nitrogens with two attached hydrogens (primary N) is 3. The van der Waals surface area contributed by atoms with Crippen LogP contribution in [0.5, 0.6) is 0 Å². The van der Waals surface area contributed by atoms with Crippen molar-refractivity contribution in [3.63, 3.8) is 0 Å². The molecule has 3 nitrogen and oxygen atoms in total. The molecule has 0 aromatic heterocycles. The van der Waals surface area contributed by atoms with Gasteiger partial charge in [0.1, 0.15) is 0 Å². The molecule has 0 heterocycles. The molecule has 0 aromatic carbocycles. The maximum absolute atomic E-state index is 6.08. The lowest BCUT2D eigenvalue weighted by molar-refractivity contribution is 0.198. The van der Waals surface area contributed by atoms with Crippen LogP contribution in [0.25, 0.3) is 0 Å². The van der Waals surface area contributed by atoms with E-state index in [1.54, 1.807) is 0 Å². The molecule has 6 N–H and O–H groups in total. The van der Waals surface area contributed by atoms with Crippen LogP contribution in [0, 0.1) is 11.8 Å². The van der Waals surface area contributed by atoms with E-state index in [9.17, 15) is 0 Å². The maximum Gasteiger partial charge on any atom is 0.0195 e. The molecule has 0 amide bonds. The van der Waals surface area contributed by atoms with Crippen molar-refractivity contribution in [3.05, 3.63) is 0 Å². The largest absolute Gasteiger partial charge is 0.330 e. The van der Waals surface area contributed by atoms with Gasteiger partial charge in [-0.15, -0.1) is 0 Å². The summed E-state index contributed by atoms with van der Waals surface area (Å²) in [5, 5.41) is 0. The van der Waals surface area contributed by atoms with E-state index in [2.05, 4.69) is 22.6 Å². The van der Waals surface area contributed by atoms with Gasteiger partial charge in [0, 0.05) is 12.1 Å². The molecular formula is C12H26IN3. The highest BCUT2D eigenvalue weighted by Gasteiger charge is 2.29. The predicted octanol–water partition coefficient (Wildman–Crippen LogP) is 1.62. The Morgan fingerprint density at radius 2 is 1.88 bits per heavy atom. The fourth-order valence-corrected chi connectivity index (χ4v) is 3.63. The lowest BCUT2D eigenvalue weighted by Gasteiger charge is -2.36. The van der Waals surface area contributed by atoms with Gasteiger partial charge in [-0.2, -0.15) is 0 Å². The van der Waals surface area contributed by atoms with E-state index >= 15 is 0 Å². The molecule has 1 saturated carbocycles. The minimum atomic E-state index is 0.216. The normalized spacial score (nSPS) is 32.6. The summed E-state index contributed by atoms with van der Waals surface area (Å²) in [5.74, 6) is 1.61. The SMILES string of the molecule is NCCCC(CCI)C1CCC(N)C(N)C1. The van der Waals surface area contributed by atoms with Crippen LogP contribution in [-0.2, 0) is 0 Å². The zero-order chi connectivity index (χ0) is 12.0. The molecule has 0 spiro atoms. The second-order valence-electron chi connectivity index (χ2n) is 5.07. The summed E-state index contributed by atoms with van der Waals surface area (Å²) in [6, 6.07) is 0.444. The van der Waals surface area contributed by atoms with Gasteiger partial charge in [-0.05, 0) is 61.3 Å². The quantitative estimate of drug-likeness (QED) is 0.508. The van der Waals surface area contributed by atoms with Crippen LogP contribution in [-0.4, -0.2) is 23.1 Å². The maximum atomic E-state index is 6.08. The Morgan fingerprint density at radius 1 is 1.12 bits per heavy atom. The van der Waals surface area contributed by atoms with E-state index in [4.69, 9.17) is 17.2 Å². The number of alkyl halides is 1. The summed E-state index contributed by atoms with van der Waals surface area (Å²) in [4.78, 5) is 0. The summed E-state index contributed by atoms with van der Waals surface area (Å²) in [7, 11) is 0. The third-order valence-corrected chi connectivity index (χ3v) is 4.54. The van der Waals surface area contributed by atoms with E-state index in [1.165, 1.54) is 23.7 Å². The summed E-state index contributed by atoms with van der Waals surface area (Å²) >= 11 is 2.47. The number of halogens is 1. The molecule has 0 aromatic rings. The molecule has 0 aliphatic heterocycles. The third kappa shape index (κ3) is 4.47. The Morgan fingerprint density at radius 3 is 2.44 bits per heavy atom. The van der Waals surface area contributed by atoms with Crippen LogP contribution in [0.1, 0.15) is 38.5 Å². The zero-order valence-corrected chi connectivity index (χ0v) is 12.2. The molecule has 1 aliphatic rings. The van der Waals surface area contributed by atoms with Gasteiger partial charge in [0.2, 0.25) is 0 Å². The molecule has 0 radical (unpaired) electrons. The third-order valence-electron chi connectivity index (χ3n) is 3.92. The molecule has 0 bridgehead atoms. The Labute approximate surface area is 113 Å². The van der Waals surface area contributed by atoms with Crippen LogP contribution in [0.2, 0.25) is 0 Å². The lowest BCUT2D eigenvalue weighted by atomic mass is 9.74. The van der Waals surface area contributed by atoms with Crippen molar-refractivity contribution >= 4 is 22.6 Å². The first-order chi connectivity index (χ1) is 7.69. The van der Waals surface area contributed by atoms with Crippen molar-refractivity contribution in [3.8, 4) is 0 Å². The van der Waals surface area contributed by atoms with Crippen molar-refractivity contribution in [1.82, 2.24) is 0 Å². The Bertz CT molecular complexity index is 187. The van der Waals surface area contributed by atoms with Crippen LogP contribution in [0.4, 0.5) is 0 Å². The Kier molecular flexibility index (Phi) is 7.19. The predicted molar refractivity (Wildman–Crippen MR) is 78.6 cm³/mol. The van der Waals surface area contributed by atoms with Crippen molar-refractivity contribution in [1.29, 1.82) is 0 Å². The van der Waals surface area contributed by atoms with Gasteiger partial charge in [-0.25, -0.2) is 0 Å². The molecule has 96 valence electrons. The number of hydrogen-bond donors (Lipinski definition) is 3. The summed E-state index contributed by atoms with van der Waals surface area (Å²) in [6.45, 7) is 0.816. The molecule has 1 fully saturated rings. The summed E-state index contributed by atoms with van der Waals surface area (Å²) in [6.07, 6.45) is 7.22. The van der Waals surface area contributed by atoms with Gasteiger partial charge >= 0.3 is 0 Å². The first kappa shape index (κ1) is 14.7. The summed E-state index contributed by atoms with van der Waals surface area (Å²) < 4.78 is 1.24. The van der Waals surface area contributed by atoms with E-state index in [-0.39, 0.29) is 12.1 Å². The minimum absolute atomic E-state index is 0.216. The van der Waals surface area contributed by atoms with Gasteiger partial charge in [0.25, 0.3) is 0 Å². The molecule has 1 aliphatic carbocycles. The fraction of sp³-hybridized carbons (Fsp3) is 1.00. The minimum Gasteiger partial charge on any atom is -0.330 e. The van der Waals surface area contributed by atoms with E-state index in [0.29, 0.717) is 0 Å². The number of hydrogen-bond acceptors (Lipinski definition) is 3. The van der Waals surface area contributed by atoms with Crippen molar-refractivity contribution < 1.29 is 0 Å². The molecule has 0 saturated heterocycles. The van der Waals surface area contributed by atoms with Crippen LogP contribution >= 0.6 is 22.6 Å². The van der Waals surface area contributed by atoms with Gasteiger partial charge in [-0.3, -0.25) is 0 Å². The van der Waals surface area contributed by atoms with Crippen molar-refractivity contribution in [2.45, 2.75) is 50.6 Å². The van der Waals surface area contributed by atoms with Crippen LogP contribution in [0.3, 0.4) is 0 Å². The molecule has 4 unspecified atom stereocenters. The average molecular weight is 339 g/mol. The van der Waals surface area contributed by atoms with E-state index in [0.717, 1.165) is 37.6 Å². The van der Waals surface area contributed by atoms with E-state index in [1.807, 2.05) is 0 Å². The van der Waals surface area contributed by atoms with Crippen LogP contribution in [0.15, 0.2) is 0 Å². The monoisotopic (exact) mass is 339 g/mol. The highest BCUT2D eigenvalue weighted by atomic mass is 127. The van der Waals surface area contributed by atoms with Gasteiger partial charge in [0.15, 0.2) is 0 Å². The Hall–Kier alpha value is 0.610. The lowest BCUT2D eigenvalue weighted by Crippen LogP contribution is -2.47. The van der Waals surface area contributed by atoms with Gasteiger partial charge in [0.05, 0.1) is 0 Å². The van der Waals surface area contributed by atoms with Crippen LogP contribution < -0.4 is 17.2 Å². The first-order valence-corrected chi connectivity index (χ1v) is 7.98. The smallest absolute Gasteiger partial charge is 0.0195 e. The average Bonchev–Trinajstić information content (AvgIpc) is 2.28. The molecular weight excluding hydrogens is 313 g/mol. The second-order valence-corrected chi connectivity index (χ2v) is 6.15. The summed E-state index contributed by atoms with van der Waals surface area (Å²) in [5.41, 5.74) is 17.7. The second kappa shape index (κ2) is 7.84. The highest BCUT2D eigenvalue weighted by Crippen LogP contribution is 2.33. The molecule has 16 heavy (non-hydrogen) atoms. The standard InChI is InChI=1S/C12H26IN3/c13-6-5-9(2-1-7-14)10-3-4-11(15)12(16)8-10/h9-12H,1-8,14-16H2. The van der Waals surface area contributed by atoms with Crippen molar-refractivity contribution in [2.24, 2.45) is 29.0 Å². The van der Waals surface area contributed by atoms with E-state index < -0.39 is 0 Å². The van der Waals surface area contributed by atoms with Crippen molar-refractivity contribution in [2.75, 3.05) is 11.0 Å². The zero-order valence-electron chi connectivity index (χ0n) is 10.1. The molecule has 4 atom stereocenters. The fourth-order valence-electron chi connectivity index (χ4n) is 2.83. The highest BCUT2D eigenvalue weighted by molar-refractivity contribution is 14.1.